The lowest BCUT2D eigenvalue weighted by Crippen LogP contribution is -2.38. The molecule has 1 N–H and O–H groups in total. The molecule has 0 bridgehead atoms. The normalized spacial score (nSPS) is 15.4. The molecule has 0 spiro atoms. The van der Waals surface area contributed by atoms with Crippen LogP contribution in [0.2, 0.25) is 0 Å². The van der Waals surface area contributed by atoms with E-state index in [2.05, 4.69) is 9.97 Å². The highest BCUT2D eigenvalue weighted by molar-refractivity contribution is 5.92. The molecule has 3 aromatic rings. The summed E-state index contributed by atoms with van der Waals surface area (Å²) in [6.07, 6.45) is 3.72. The van der Waals surface area contributed by atoms with Crippen molar-refractivity contribution >= 4 is 16.8 Å². The summed E-state index contributed by atoms with van der Waals surface area (Å²) in [6, 6.07) is 10.1. The number of aromatic nitrogens is 2. The SMILES string of the molecule is COc1cccc(C(=O)N2CCC(c3c[nH]c4cc(F)ccc34)CC2)n1. The minimum Gasteiger partial charge on any atom is -0.481 e. The molecule has 1 aliphatic rings. The van der Waals surface area contributed by atoms with Gasteiger partial charge in [0.1, 0.15) is 11.5 Å². The highest BCUT2D eigenvalue weighted by Gasteiger charge is 2.26. The number of nitrogens with zero attached hydrogens (tertiary/aromatic N) is 2. The highest BCUT2D eigenvalue weighted by Crippen LogP contribution is 2.33. The summed E-state index contributed by atoms with van der Waals surface area (Å²) in [5, 5.41) is 1.06. The molecule has 0 saturated carbocycles. The van der Waals surface area contributed by atoms with Crippen LogP contribution in [-0.4, -0.2) is 41.0 Å². The lowest BCUT2D eigenvalue weighted by atomic mass is 9.89. The van der Waals surface area contributed by atoms with Crippen molar-refractivity contribution in [3.8, 4) is 5.88 Å². The van der Waals surface area contributed by atoms with E-state index in [1.807, 2.05) is 17.2 Å². The first kappa shape index (κ1) is 16.6. The molecule has 5 nitrogen and oxygen atoms in total. The number of fused-ring (bicyclic) bond motifs is 1. The second kappa shape index (κ2) is 6.78. The van der Waals surface area contributed by atoms with E-state index >= 15 is 0 Å². The van der Waals surface area contributed by atoms with Crippen LogP contribution in [0.1, 0.15) is 34.8 Å². The summed E-state index contributed by atoms with van der Waals surface area (Å²) in [5.74, 6) is 0.494. The van der Waals surface area contributed by atoms with Gasteiger partial charge < -0.3 is 14.6 Å². The van der Waals surface area contributed by atoms with Gasteiger partial charge in [-0.25, -0.2) is 9.37 Å². The largest absolute Gasteiger partial charge is 0.481 e. The number of hydrogen-bond acceptors (Lipinski definition) is 3. The molecule has 26 heavy (non-hydrogen) atoms. The molecule has 134 valence electrons. The Morgan fingerprint density at radius 3 is 2.85 bits per heavy atom. The number of methoxy groups -OCH3 is 1. The number of rotatable bonds is 3. The number of amides is 1. The number of H-pyrrole nitrogens is 1. The monoisotopic (exact) mass is 353 g/mol. The van der Waals surface area contributed by atoms with Crippen molar-refractivity contribution in [2.75, 3.05) is 20.2 Å². The van der Waals surface area contributed by atoms with Crippen molar-refractivity contribution in [2.24, 2.45) is 0 Å². The standard InChI is InChI=1S/C20H20FN3O2/c1-26-19-4-2-3-17(23-19)20(25)24-9-7-13(8-10-24)16-12-22-18-11-14(21)5-6-15(16)18/h2-6,11-13,22H,7-10H2,1H3. The van der Waals surface area contributed by atoms with Crippen molar-refractivity contribution < 1.29 is 13.9 Å². The first-order valence-corrected chi connectivity index (χ1v) is 8.72. The van der Waals surface area contributed by atoms with E-state index in [4.69, 9.17) is 4.74 Å². The van der Waals surface area contributed by atoms with Crippen LogP contribution in [0.5, 0.6) is 5.88 Å². The van der Waals surface area contributed by atoms with Crippen LogP contribution in [-0.2, 0) is 0 Å². The van der Waals surface area contributed by atoms with Gasteiger partial charge in [-0.3, -0.25) is 4.79 Å². The second-order valence-electron chi connectivity index (χ2n) is 6.57. The van der Waals surface area contributed by atoms with E-state index in [0.29, 0.717) is 30.6 Å². The molecule has 1 aliphatic heterocycles. The van der Waals surface area contributed by atoms with Crippen molar-refractivity contribution in [2.45, 2.75) is 18.8 Å². The van der Waals surface area contributed by atoms with Crippen LogP contribution in [0.15, 0.2) is 42.6 Å². The number of ether oxygens (including phenoxy) is 1. The van der Waals surface area contributed by atoms with Gasteiger partial charge in [0, 0.05) is 36.3 Å². The predicted molar refractivity (Wildman–Crippen MR) is 96.9 cm³/mol. The van der Waals surface area contributed by atoms with E-state index in [1.54, 1.807) is 18.2 Å². The molecule has 3 heterocycles. The van der Waals surface area contributed by atoms with Crippen molar-refractivity contribution in [1.29, 1.82) is 0 Å². The van der Waals surface area contributed by atoms with E-state index in [1.165, 1.54) is 24.8 Å². The number of halogens is 1. The Bertz CT molecular complexity index is 945. The molecule has 1 aromatic carbocycles. The van der Waals surface area contributed by atoms with Crippen LogP contribution < -0.4 is 4.74 Å². The molecule has 0 radical (unpaired) electrons. The zero-order valence-electron chi connectivity index (χ0n) is 14.5. The fourth-order valence-corrected chi connectivity index (χ4v) is 3.66. The minimum absolute atomic E-state index is 0.0663. The fraction of sp³-hybridized carbons (Fsp3) is 0.300. The van der Waals surface area contributed by atoms with Crippen molar-refractivity contribution in [1.82, 2.24) is 14.9 Å². The summed E-state index contributed by atoms with van der Waals surface area (Å²) in [7, 11) is 1.54. The van der Waals surface area contributed by atoms with Crippen molar-refractivity contribution in [3.63, 3.8) is 0 Å². The third-order valence-electron chi connectivity index (χ3n) is 5.05. The Hall–Kier alpha value is -2.89. The van der Waals surface area contributed by atoms with Gasteiger partial charge in [-0.1, -0.05) is 6.07 Å². The first-order chi connectivity index (χ1) is 12.7. The fourth-order valence-electron chi connectivity index (χ4n) is 3.66. The lowest BCUT2D eigenvalue weighted by Gasteiger charge is -2.31. The van der Waals surface area contributed by atoms with E-state index < -0.39 is 0 Å². The van der Waals surface area contributed by atoms with Gasteiger partial charge in [-0.2, -0.15) is 0 Å². The molecule has 4 rings (SSSR count). The minimum atomic E-state index is -0.239. The Morgan fingerprint density at radius 2 is 2.08 bits per heavy atom. The van der Waals surface area contributed by atoms with E-state index in [9.17, 15) is 9.18 Å². The average Bonchev–Trinajstić information content (AvgIpc) is 3.10. The van der Waals surface area contributed by atoms with Gasteiger partial charge in [0.15, 0.2) is 0 Å². The van der Waals surface area contributed by atoms with E-state index in [0.717, 1.165) is 23.7 Å². The molecule has 2 aromatic heterocycles. The zero-order valence-corrected chi connectivity index (χ0v) is 14.5. The highest BCUT2D eigenvalue weighted by atomic mass is 19.1. The Labute approximate surface area is 150 Å². The quantitative estimate of drug-likeness (QED) is 0.780. The lowest BCUT2D eigenvalue weighted by molar-refractivity contribution is 0.0706. The summed E-state index contributed by atoms with van der Waals surface area (Å²) >= 11 is 0. The van der Waals surface area contributed by atoms with Gasteiger partial charge in [0.25, 0.3) is 5.91 Å². The number of aromatic amines is 1. The molecule has 1 fully saturated rings. The molecule has 1 saturated heterocycles. The summed E-state index contributed by atoms with van der Waals surface area (Å²) in [4.78, 5) is 21.9. The number of benzene rings is 1. The maximum atomic E-state index is 13.4. The molecule has 0 unspecified atom stereocenters. The van der Waals surface area contributed by atoms with Crippen LogP contribution in [0.3, 0.4) is 0 Å². The number of carbonyl (C=O) groups is 1. The average molecular weight is 353 g/mol. The molecule has 6 heteroatoms. The van der Waals surface area contributed by atoms with Gasteiger partial charge in [-0.15, -0.1) is 0 Å². The Balaban J connectivity index is 1.47. The zero-order chi connectivity index (χ0) is 18.1. The number of carbonyl (C=O) groups excluding carboxylic acids is 1. The van der Waals surface area contributed by atoms with Gasteiger partial charge >= 0.3 is 0 Å². The summed E-state index contributed by atoms with van der Waals surface area (Å²) < 4.78 is 18.5. The summed E-state index contributed by atoms with van der Waals surface area (Å²) in [6.45, 7) is 1.35. The Morgan fingerprint density at radius 1 is 1.27 bits per heavy atom. The number of piperidine rings is 1. The Kier molecular flexibility index (Phi) is 4.32. The number of pyridine rings is 1. The summed E-state index contributed by atoms with van der Waals surface area (Å²) in [5.41, 5.74) is 2.43. The molecule has 0 aliphatic carbocycles. The third-order valence-corrected chi connectivity index (χ3v) is 5.05. The topological polar surface area (TPSA) is 58.2 Å². The van der Waals surface area contributed by atoms with E-state index in [-0.39, 0.29) is 11.7 Å². The molecule has 0 atom stereocenters. The van der Waals surface area contributed by atoms with Crippen molar-refractivity contribution in [3.05, 3.63) is 59.7 Å². The first-order valence-electron chi connectivity index (χ1n) is 8.72. The molecule has 1 amide bonds. The number of hydrogen-bond donors (Lipinski definition) is 1. The van der Waals surface area contributed by atoms with Crippen LogP contribution in [0.25, 0.3) is 10.9 Å². The van der Waals surface area contributed by atoms with Crippen LogP contribution in [0, 0.1) is 5.82 Å². The van der Waals surface area contributed by atoms with Gasteiger partial charge in [0.2, 0.25) is 5.88 Å². The second-order valence-corrected chi connectivity index (χ2v) is 6.57. The van der Waals surface area contributed by atoms with Crippen LogP contribution >= 0.6 is 0 Å². The third kappa shape index (κ3) is 3.03. The molecular weight excluding hydrogens is 333 g/mol. The predicted octanol–water partition coefficient (Wildman–Crippen LogP) is 3.73. The molecular formula is C20H20FN3O2. The van der Waals surface area contributed by atoms with Gasteiger partial charge in [-0.05, 0) is 48.6 Å². The number of likely N-dealkylation sites (tertiary alicyclic amines) is 1. The van der Waals surface area contributed by atoms with Crippen LogP contribution in [0.4, 0.5) is 4.39 Å². The maximum Gasteiger partial charge on any atom is 0.272 e. The maximum absolute atomic E-state index is 13.4. The number of nitrogens with one attached hydrogen (secondary N) is 1. The van der Waals surface area contributed by atoms with Gasteiger partial charge in [0.05, 0.1) is 7.11 Å². The smallest absolute Gasteiger partial charge is 0.272 e.